The summed E-state index contributed by atoms with van der Waals surface area (Å²) in [4.78, 5) is 14.7. The van der Waals surface area contributed by atoms with Crippen LogP contribution in [0.3, 0.4) is 0 Å². The Labute approximate surface area is 187 Å². The molecule has 0 spiro atoms. The van der Waals surface area contributed by atoms with E-state index in [-0.39, 0.29) is 24.4 Å². The zero-order valence-corrected chi connectivity index (χ0v) is 18.5. The summed E-state index contributed by atoms with van der Waals surface area (Å²) in [6.07, 6.45) is 0.751. The fourth-order valence-corrected chi connectivity index (χ4v) is 4.12. The van der Waals surface area contributed by atoms with Crippen LogP contribution in [0.15, 0.2) is 41.7 Å². The van der Waals surface area contributed by atoms with Crippen LogP contribution in [0.4, 0.5) is 23.2 Å². The quantitative estimate of drug-likeness (QED) is 0.538. The molecule has 0 bridgehead atoms. The van der Waals surface area contributed by atoms with Crippen LogP contribution in [-0.2, 0) is 24.0 Å². The first-order chi connectivity index (χ1) is 15.6. The zero-order chi connectivity index (χ0) is 23.9. The molecule has 0 saturated carbocycles. The highest BCUT2D eigenvalue weighted by atomic mass is 19.4. The third-order valence-electron chi connectivity index (χ3n) is 5.60. The van der Waals surface area contributed by atoms with Crippen LogP contribution in [-0.4, -0.2) is 44.2 Å². The van der Waals surface area contributed by atoms with E-state index < -0.39 is 28.9 Å². The summed E-state index contributed by atoms with van der Waals surface area (Å²) >= 11 is 0. The summed E-state index contributed by atoms with van der Waals surface area (Å²) in [7, 11) is 0. The molecule has 0 aliphatic carbocycles. The number of anilines is 1. The van der Waals surface area contributed by atoms with Gasteiger partial charge >= 0.3 is 11.9 Å². The molecule has 3 heterocycles. The lowest BCUT2D eigenvalue weighted by molar-refractivity contribution is -0.139. The second-order valence-electron chi connectivity index (χ2n) is 8.27. The molecule has 0 N–H and O–H groups in total. The van der Waals surface area contributed by atoms with Crippen LogP contribution >= 0.6 is 0 Å². The molecule has 33 heavy (non-hydrogen) atoms. The predicted molar refractivity (Wildman–Crippen MR) is 114 cm³/mol. The van der Waals surface area contributed by atoms with Gasteiger partial charge in [-0.05, 0) is 32.9 Å². The van der Waals surface area contributed by atoms with E-state index in [0.717, 1.165) is 16.2 Å². The maximum Gasteiger partial charge on any atom is 0.419 e. The lowest BCUT2D eigenvalue weighted by Crippen LogP contribution is -2.45. The molecule has 0 amide bonds. The van der Waals surface area contributed by atoms with E-state index in [1.807, 2.05) is 20.8 Å². The minimum Gasteiger partial charge on any atom is -0.372 e. The number of halogens is 4. The maximum absolute atomic E-state index is 15.1. The number of imidazole rings is 1. The lowest BCUT2D eigenvalue weighted by atomic mass is 10.1. The molecular weight excluding hydrogens is 442 g/mol. The molecule has 3 aromatic rings. The van der Waals surface area contributed by atoms with Crippen LogP contribution in [0, 0.1) is 5.82 Å². The van der Waals surface area contributed by atoms with E-state index in [0.29, 0.717) is 19.6 Å². The molecule has 2 atom stereocenters. The van der Waals surface area contributed by atoms with Gasteiger partial charge in [0.2, 0.25) is 0 Å². The van der Waals surface area contributed by atoms with Crippen molar-refractivity contribution in [3.05, 3.63) is 64.3 Å². The van der Waals surface area contributed by atoms with Gasteiger partial charge in [0.15, 0.2) is 5.82 Å². The normalized spacial score (nSPS) is 19.3. The van der Waals surface area contributed by atoms with Crippen molar-refractivity contribution in [1.29, 1.82) is 0 Å². The molecule has 0 unspecified atom stereocenters. The largest absolute Gasteiger partial charge is 0.419 e. The van der Waals surface area contributed by atoms with Crippen molar-refractivity contribution in [3.8, 4) is 5.69 Å². The fourth-order valence-electron chi connectivity index (χ4n) is 4.12. The number of aromatic nitrogens is 4. The highest BCUT2D eigenvalue weighted by molar-refractivity contribution is 5.58. The first kappa shape index (κ1) is 23.1. The first-order valence-electron chi connectivity index (χ1n) is 10.7. The van der Waals surface area contributed by atoms with Crippen molar-refractivity contribution in [1.82, 2.24) is 18.9 Å². The Balaban J connectivity index is 1.77. The third-order valence-corrected chi connectivity index (χ3v) is 5.60. The van der Waals surface area contributed by atoms with Gasteiger partial charge in [0, 0.05) is 49.5 Å². The number of benzene rings is 1. The van der Waals surface area contributed by atoms with Crippen molar-refractivity contribution in [2.24, 2.45) is 0 Å². The Morgan fingerprint density at radius 2 is 1.85 bits per heavy atom. The number of rotatable bonds is 5. The highest BCUT2D eigenvalue weighted by Gasteiger charge is 2.37. The van der Waals surface area contributed by atoms with Crippen LogP contribution in [0.5, 0.6) is 0 Å². The summed E-state index contributed by atoms with van der Waals surface area (Å²) in [5, 5.41) is 4.15. The first-order valence-corrected chi connectivity index (χ1v) is 10.7. The molecule has 4 rings (SSSR count). The monoisotopic (exact) mass is 467 g/mol. The molecule has 1 saturated heterocycles. The van der Waals surface area contributed by atoms with E-state index in [1.54, 1.807) is 22.0 Å². The number of alkyl halides is 3. The van der Waals surface area contributed by atoms with Crippen molar-refractivity contribution in [3.63, 3.8) is 0 Å². The van der Waals surface area contributed by atoms with Gasteiger partial charge in [0.05, 0.1) is 36.2 Å². The number of hydrogen-bond acceptors (Lipinski definition) is 4. The van der Waals surface area contributed by atoms with Crippen molar-refractivity contribution >= 4 is 5.69 Å². The molecule has 7 nitrogen and oxygen atoms in total. The van der Waals surface area contributed by atoms with Gasteiger partial charge in [-0.25, -0.2) is 9.18 Å². The van der Waals surface area contributed by atoms with Crippen molar-refractivity contribution < 1.29 is 22.3 Å². The molecule has 1 fully saturated rings. The van der Waals surface area contributed by atoms with E-state index in [1.165, 1.54) is 23.0 Å². The standard InChI is InChI=1S/C22H25F4N5O2/c1-4-30-13-16(9-27-30)12-28-5-6-31(21(28)32)19-8-17(7-18(20(19)23)22(24,25)26)29-10-14(2)33-15(3)11-29/h5-9,13-15H,4,10-12H2,1-3H3/t14-,15+. The minimum absolute atomic E-state index is 0.164. The number of ether oxygens (including phenoxy) is 1. The van der Waals surface area contributed by atoms with E-state index in [2.05, 4.69) is 5.10 Å². The second kappa shape index (κ2) is 8.69. The maximum atomic E-state index is 15.1. The van der Waals surface area contributed by atoms with Crippen molar-refractivity contribution in [2.75, 3.05) is 18.0 Å². The van der Waals surface area contributed by atoms with Crippen LogP contribution in [0.25, 0.3) is 5.69 Å². The van der Waals surface area contributed by atoms with Gasteiger partial charge < -0.3 is 9.64 Å². The number of aryl methyl sites for hydroxylation is 1. The van der Waals surface area contributed by atoms with Crippen LogP contribution < -0.4 is 10.6 Å². The Bertz CT molecular complexity index is 1190. The van der Waals surface area contributed by atoms with E-state index in [9.17, 15) is 18.0 Å². The molecular formula is C22H25F4N5O2. The van der Waals surface area contributed by atoms with Gasteiger partial charge in [0.1, 0.15) is 0 Å². The summed E-state index contributed by atoms with van der Waals surface area (Å²) in [6.45, 7) is 7.09. The third kappa shape index (κ3) is 4.68. The summed E-state index contributed by atoms with van der Waals surface area (Å²) in [6, 6.07) is 2.08. The summed E-state index contributed by atoms with van der Waals surface area (Å²) in [5.41, 5.74) is -1.57. The Morgan fingerprint density at radius 3 is 2.45 bits per heavy atom. The van der Waals surface area contributed by atoms with Crippen LogP contribution in [0.2, 0.25) is 0 Å². The lowest BCUT2D eigenvalue weighted by Gasteiger charge is -2.37. The smallest absolute Gasteiger partial charge is 0.372 e. The van der Waals surface area contributed by atoms with Gasteiger partial charge in [-0.15, -0.1) is 0 Å². The number of morpholine rings is 1. The Hall–Kier alpha value is -3.08. The molecule has 1 aromatic carbocycles. The van der Waals surface area contributed by atoms with Crippen LogP contribution in [0.1, 0.15) is 31.9 Å². The number of hydrogen-bond donors (Lipinski definition) is 0. The SMILES string of the molecule is CCn1cc(Cn2ccn(-c3cc(N4C[C@@H](C)O[C@@H](C)C4)cc(C(F)(F)F)c3F)c2=O)cn1. The highest BCUT2D eigenvalue weighted by Crippen LogP contribution is 2.37. The number of nitrogens with zero attached hydrogens (tertiary/aromatic N) is 5. The van der Waals surface area contributed by atoms with E-state index >= 15 is 4.39 Å². The second-order valence-corrected chi connectivity index (χ2v) is 8.27. The van der Waals surface area contributed by atoms with E-state index in [4.69, 9.17) is 4.74 Å². The van der Waals surface area contributed by atoms with Gasteiger partial charge in [-0.3, -0.25) is 13.8 Å². The summed E-state index contributed by atoms with van der Waals surface area (Å²) in [5.74, 6) is -1.49. The van der Waals surface area contributed by atoms with Gasteiger partial charge in [-0.2, -0.15) is 18.3 Å². The molecule has 2 aromatic heterocycles. The molecule has 11 heteroatoms. The Kier molecular flexibility index (Phi) is 6.08. The topological polar surface area (TPSA) is 57.2 Å². The van der Waals surface area contributed by atoms with Gasteiger partial charge in [-0.1, -0.05) is 0 Å². The predicted octanol–water partition coefficient (Wildman–Crippen LogP) is 3.68. The molecule has 0 radical (unpaired) electrons. The minimum atomic E-state index is -4.92. The average molecular weight is 467 g/mol. The fraction of sp³-hybridized carbons (Fsp3) is 0.455. The van der Waals surface area contributed by atoms with Gasteiger partial charge in [0.25, 0.3) is 0 Å². The zero-order valence-electron chi connectivity index (χ0n) is 18.5. The Morgan fingerprint density at radius 1 is 1.15 bits per heavy atom. The molecule has 1 aliphatic rings. The molecule has 178 valence electrons. The molecule has 1 aliphatic heterocycles. The summed E-state index contributed by atoms with van der Waals surface area (Å²) < 4.78 is 65.7. The van der Waals surface area contributed by atoms with Crippen molar-refractivity contribution in [2.45, 2.75) is 52.2 Å². The average Bonchev–Trinajstić information content (AvgIpc) is 3.34.